The van der Waals surface area contributed by atoms with Crippen molar-refractivity contribution in [2.75, 3.05) is 5.32 Å². The summed E-state index contributed by atoms with van der Waals surface area (Å²) in [5.74, 6) is -1.05. The Kier molecular flexibility index (Phi) is 5.44. The Labute approximate surface area is 112 Å². The first kappa shape index (κ1) is 15.6. The highest BCUT2D eigenvalue weighted by Crippen LogP contribution is 2.19. The standard InChI is InChI=1S/C12H17FN2O3S/c1-2-3-4-5-12(16)15-11-8-9(19(14,17)18)6-7-10(11)13/h6-8H,2-5H2,1H3,(H,15,16)(H2,14,17,18). The van der Waals surface area contributed by atoms with Gasteiger partial charge in [-0.05, 0) is 24.6 Å². The summed E-state index contributed by atoms with van der Waals surface area (Å²) in [6.07, 6.45) is 2.86. The summed E-state index contributed by atoms with van der Waals surface area (Å²) in [6.45, 7) is 2.01. The van der Waals surface area contributed by atoms with Gasteiger partial charge in [0.05, 0.1) is 10.6 Å². The molecule has 5 nitrogen and oxygen atoms in total. The Bertz CT molecular complexity index is 558. The smallest absolute Gasteiger partial charge is 0.238 e. The van der Waals surface area contributed by atoms with Crippen molar-refractivity contribution in [2.45, 2.75) is 37.5 Å². The minimum absolute atomic E-state index is 0.173. The van der Waals surface area contributed by atoms with E-state index in [0.717, 1.165) is 31.0 Å². The van der Waals surface area contributed by atoms with Crippen LogP contribution >= 0.6 is 0 Å². The molecule has 3 N–H and O–H groups in total. The van der Waals surface area contributed by atoms with E-state index in [1.807, 2.05) is 6.92 Å². The van der Waals surface area contributed by atoms with Gasteiger partial charge in [0.25, 0.3) is 0 Å². The van der Waals surface area contributed by atoms with Gasteiger partial charge in [-0.15, -0.1) is 0 Å². The molecular formula is C12H17FN2O3S. The van der Waals surface area contributed by atoms with E-state index in [4.69, 9.17) is 5.14 Å². The topological polar surface area (TPSA) is 89.3 Å². The summed E-state index contributed by atoms with van der Waals surface area (Å²) in [6, 6.07) is 3.03. The fourth-order valence-corrected chi connectivity index (χ4v) is 2.07. The van der Waals surface area contributed by atoms with Crippen LogP contribution < -0.4 is 10.5 Å². The Balaban J connectivity index is 2.80. The molecule has 0 fully saturated rings. The number of primary sulfonamides is 1. The molecular weight excluding hydrogens is 271 g/mol. The van der Waals surface area contributed by atoms with Gasteiger partial charge < -0.3 is 5.32 Å². The minimum atomic E-state index is -3.92. The normalized spacial score (nSPS) is 11.3. The molecule has 7 heteroatoms. The van der Waals surface area contributed by atoms with Crippen molar-refractivity contribution < 1.29 is 17.6 Å². The lowest BCUT2D eigenvalue weighted by Crippen LogP contribution is -2.15. The number of hydrogen-bond donors (Lipinski definition) is 2. The second-order valence-corrected chi connectivity index (χ2v) is 5.75. The molecule has 0 spiro atoms. The first-order chi connectivity index (χ1) is 8.84. The number of amides is 1. The zero-order valence-corrected chi connectivity index (χ0v) is 11.5. The average Bonchev–Trinajstić information content (AvgIpc) is 2.31. The summed E-state index contributed by atoms with van der Waals surface area (Å²) in [5.41, 5.74) is -0.173. The van der Waals surface area contributed by atoms with E-state index < -0.39 is 15.8 Å². The molecule has 0 saturated carbocycles. The number of benzene rings is 1. The van der Waals surface area contributed by atoms with Crippen LogP contribution in [-0.2, 0) is 14.8 Å². The molecule has 0 atom stereocenters. The van der Waals surface area contributed by atoms with Crippen molar-refractivity contribution >= 4 is 21.6 Å². The molecule has 106 valence electrons. The van der Waals surface area contributed by atoms with E-state index in [1.165, 1.54) is 0 Å². The first-order valence-electron chi connectivity index (χ1n) is 5.96. The molecule has 1 aromatic rings. The third-order valence-electron chi connectivity index (χ3n) is 2.55. The number of nitrogens with two attached hydrogens (primary N) is 1. The lowest BCUT2D eigenvalue weighted by molar-refractivity contribution is -0.116. The minimum Gasteiger partial charge on any atom is -0.324 e. The van der Waals surface area contributed by atoms with Gasteiger partial charge in [0.1, 0.15) is 5.82 Å². The zero-order chi connectivity index (χ0) is 14.5. The van der Waals surface area contributed by atoms with Crippen LogP contribution in [0.5, 0.6) is 0 Å². The van der Waals surface area contributed by atoms with Crippen LogP contribution in [0.25, 0.3) is 0 Å². The summed E-state index contributed by atoms with van der Waals surface area (Å²) >= 11 is 0. The number of carbonyl (C=O) groups is 1. The number of nitrogens with one attached hydrogen (secondary N) is 1. The van der Waals surface area contributed by atoms with Crippen molar-refractivity contribution in [1.82, 2.24) is 0 Å². The molecule has 0 unspecified atom stereocenters. The molecule has 0 aliphatic heterocycles. The van der Waals surface area contributed by atoms with Crippen molar-refractivity contribution in [3.05, 3.63) is 24.0 Å². The third-order valence-corrected chi connectivity index (χ3v) is 3.46. The quantitative estimate of drug-likeness (QED) is 0.784. The molecule has 0 aliphatic rings. The van der Waals surface area contributed by atoms with E-state index in [2.05, 4.69) is 5.32 Å². The van der Waals surface area contributed by atoms with E-state index in [1.54, 1.807) is 0 Å². The lowest BCUT2D eigenvalue weighted by Gasteiger charge is -2.07. The predicted octanol–water partition coefficient (Wildman–Crippen LogP) is 1.99. The number of anilines is 1. The van der Waals surface area contributed by atoms with Gasteiger partial charge in [0.15, 0.2) is 0 Å². The molecule has 0 aromatic heterocycles. The molecule has 0 heterocycles. The van der Waals surface area contributed by atoms with Crippen LogP contribution in [0.2, 0.25) is 0 Å². The summed E-state index contributed by atoms with van der Waals surface area (Å²) in [5, 5.41) is 7.29. The molecule has 0 radical (unpaired) electrons. The van der Waals surface area contributed by atoms with Crippen LogP contribution in [0.1, 0.15) is 32.6 Å². The molecule has 0 aliphatic carbocycles. The number of halogens is 1. The lowest BCUT2D eigenvalue weighted by atomic mass is 10.2. The predicted molar refractivity (Wildman–Crippen MR) is 70.5 cm³/mol. The number of carbonyl (C=O) groups excluding carboxylic acids is 1. The molecule has 1 amide bonds. The third kappa shape index (κ3) is 4.96. The van der Waals surface area contributed by atoms with E-state index in [9.17, 15) is 17.6 Å². The number of sulfonamides is 1. The Morgan fingerprint density at radius 1 is 1.37 bits per heavy atom. The molecule has 0 bridgehead atoms. The number of unbranched alkanes of at least 4 members (excludes halogenated alkanes) is 2. The average molecular weight is 288 g/mol. The number of rotatable bonds is 6. The Morgan fingerprint density at radius 2 is 2.05 bits per heavy atom. The summed E-state index contributed by atoms with van der Waals surface area (Å²) in [7, 11) is -3.92. The van der Waals surface area contributed by atoms with Crippen LogP contribution in [0.15, 0.2) is 23.1 Å². The van der Waals surface area contributed by atoms with Gasteiger partial charge >= 0.3 is 0 Å². The monoisotopic (exact) mass is 288 g/mol. The van der Waals surface area contributed by atoms with Crippen LogP contribution in [0.3, 0.4) is 0 Å². The maximum atomic E-state index is 13.5. The highest BCUT2D eigenvalue weighted by atomic mass is 32.2. The fourth-order valence-electron chi connectivity index (χ4n) is 1.53. The van der Waals surface area contributed by atoms with Crippen molar-refractivity contribution in [2.24, 2.45) is 5.14 Å². The number of hydrogen-bond acceptors (Lipinski definition) is 3. The highest BCUT2D eigenvalue weighted by Gasteiger charge is 2.13. The maximum absolute atomic E-state index is 13.5. The Hall–Kier alpha value is -1.47. The van der Waals surface area contributed by atoms with Crippen molar-refractivity contribution in [1.29, 1.82) is 0 Å². The van der Waals surface area contributed by atoms with E-state index >= 15 is 0 Å². The Morgan fingerprint density at radius 3 is 2.63 bits per heavy atom. The van der Waals surface area contributed by atoms with Crippen LogP contribution in [0, 0.1) is 5.82 Å². The van der Waals surface area contributed by atoms with Crippen molar-refractivity contribution in [3.63, 3.8) is 0 Å². The second kappa shape index (κ2) is 6.63. The zero-order valence-electron chi connectivity index (χ0n) is 10.6. The summed E-state index contributed by atoms with van der Waals surface area (Å²) < 4.78 is 35.7. The fraction of sp³-hybridized carbons (Fsp3) is 0.417. The van der Waals surface area contributed by atoms with E-state index in [0.29, 0.717) is 6.42 Å². The molecule has 19 heavy (non-hydrogen) atoms. The second-order valence-electron chi connectivity index (χ2n) is 4.19. The van der Waals surface area contributed by atoms with E-state index in [-0.39, 0.29) is 22.9 Å². The molecule has 0 saturated heterocycles. The molecule has 1 rings (SSSR count). The van der Waals surface area contributed by atoms with Crippen LogP contribution in [0.4, 0.5) is 10.1 Å². The maximum Gasteiger partial charge on any atom is 0.238 e. The van der Waals surface area contributed by atoms with Crippen molar-refractivity contribution in [3.8, 4) is 0 Å². The van der Waals surface area contributed by atoms with Gasteiger partial charge in [-0.2, -0.15) is 0 Å². The van der Waals surface area contributed by atoms with Gasteiger partial charge in [0.2, 0.25) is 15.9 Å². The van der Waals surface area contributed by atoms with Gasteiger partial charge in [-0.3, -0.25) is 4.79 Å². The van der Waals surface area contributed by atoms with Gasteiger partial charge in [0, 0.05) is 6.42 Å². The SMILES string of the molecule is CCCCCC(=O)Nc1cc(S(N)(=O)=O)ccc1F. The molecule has 1 aromatic carbocycles. The highest BCUT2D eigenvalue weighted by molar-refractivity contribution is 7.89. The summed E-state index contributed by atoms with van der Waals surface area (Å²) in [4.78, 5) is 11.3. The largest absolute Gasteiger partial charge is 0.324 e. The first-order valence-corrected chi connectivity index (χ1v) is 7.51. The van der Waals surface area contributed by atoms with Crippen LogP contribution in [-0.4, -0.2) is 14.3 Å². The van der Waals surface area contributed by atoms with Gasteiger partial charge in [-0.1, -0.05) is 19.8 Å². The van der Waals surface area contributed by atoms with Gasteiger partial charge in [-0.25, -0.2) is 17.9 Å².